The molecule has 1 aromatic rings. The van der Waals surface area contributed by atoms with Crippen LogP contribution < -0.4 is 21.3 Å². The van der Waals surface area contributed by atoms with Gasteiger partial charge in [-0.15, -0.1) is 6.58 Å². The normalized spacial score (nSPS) is 27.4. The van der Waals surface area contributed by atoms with Gasteiger partial charge in [0.15, 0.2) is 0 Å². The van der Waals surface area contributed by atoms with Crippen molar-refractivity contribution in [3.8, 4) is 0 Å². The van der Waals surface area contributed by atoms with Gasteiger partial charge in [-0.2, -0.15) is 0 Å². The lowest BCUT2D eigenvalue weighted by Crippen LogP contribution is -2.54. The predicted octanol–water partition coefficient (Wildman–Crippen LogP) is 0.791. The van der Waals surface area contributed by atoms with Gasteiger partial charge in [0.2, 0.25) is 18.2 Å². The van der Waals surface area contributed by atoms with Crippen LogP contribution in [-0.4, -0.2) is 36.5 Å². The Labute approximate surface area is 159 Å². The van der Waals surface area contributed by atoms with Gasteiger partial charge in [0.05, 0.1) is 12.2 Å². The van der Waals surface area contributed by atoms with Crippen LogP contribution in [0.25, 0.3) is 0 Å². The first kappa shape index (κ1) is 19.1. The zero-order chi connectivity index (χ0) is 20.0. The van der Waals surface area contributed by atoms with Crippen molar-refractivity contribution in [2.45, 2.75) is 50.9 Å². The van der Waals surface area contributed by atoms with Crippen molar-refractivity contribution in [3.05, 3.63) is 42.5 Å². The van der Waals surface area contributed by atoms with Gasteiger partial charge in [-0.05, 0) is 30.4 Å². The van der Waals surface area contributed by atoms with E-state index in [1.165, 1.54) is 0 Å². The van der Waals surface area contributed by atoms with E-state index in [1.807, 2.05) is 30.3 Å². The summed E-state index contributed by atoms with van der Waals surface area (Å²) in [5.74, 6) is -0.902. The fourth-order valence-electron chi connectivity index (χ4n) is 4.43. The van der Waals surface area contributed by atoms with Gasteiger partial charge in [0, 0.05) is 11.1 Å². The van der Waals surface area contributed by atoms with Crippen LogP contribution in [0.1, 0.15) is 32.8 Å². The third-order valence-electron chi connectivity index (χ3n) is 6.17. The molecule has 0 aliphatic carbocycles. The Bertz CT molecular complexity index is 806. The first-order valence-corrected chi connectivity index (χ1v) is 9.02. The molecular formula is C20H26N4O3. The highest BCUT2D eigenvalue weighted by Crippen LogP contribution is 2.58. The van der Waals surface area contributed by atoms with Crippen LogP contribution in [0.2, 0.25) is 0 Å². The molecule has 7 nitrogen and oxygen atoms in total. The van der Waals surface area contributed by atoms with Gasteiger partial charge < -0.3 is 11.1 Å². The molecule has 0 bridgehead atoms. The summed E-state index contributed by atoms with van der Waals surface area (Å²) in [6.45, 7) is 9.67. The lowest BCUT2D eigenvalue weighted by Gasteiger charge is -2.43. The van der Waals surface area contributed by atoms with E-state index in [4.69, 9.17) is 5.73 Å². The molecule has 144 valence electrons. The van der Waals surface area contributed by atoms with E-state index >= 15 is 0 Å². The van der Waals surface area contributed by atoms with Crippen molar-refractivity contribution in [2.24, 2.45) is 11.1 Å². The number of nitrogens with two attached hydrogens (primary N) is 1. The molecule has 2 heterocycles. The van der Waals surface area contributed by atoms with Crippen molar-refractivity contribution >= 4 is 23.9 Å². The first-order chi connectivity index (χ1) is 12.7. The molecule has 0 saturated carbocycles. The average molecular weight is 370 g/mol. The summed E-state index contributed by atoms with van der Waals surface area (Å²) < 4.78 is 0. The number of hydrogen-bond donors (Lipinski definition) is 3. The Kier molecular flexibility index (Phi) is 4.59. The van der Waals surface area contributed by atoms with Crippen molar-refractivity contribution in [2.75, 3.05) is 4.90 Å². The highest BCUT2D eigenvalue weighted by Gasteiger charge is 2.63. The van der Waals surface area contributed by atoms with Crippen molar-refractivity contribution < 1.29 is 14.4 Å². The molecule has 7 heteroatoms. The SMILES string of the molecule is C=CC(C)(C)[C@@]12C[C@@H](C(=O)N[C@H](C)C(N)=O)N[C@@H]1N(C=O)c1ccccc12. The summed E-state index contributed by atoms with van der Waals surface area (Å²) >= 11 is 0. The summed E-state index contributed by atoms with van der Waals surface area (Å²) in [6, 6.07) is 6.42. The number of nitrogens with zero attached hydrogens (tertiary/aromatic N) is 1. The number of carbonyl (C=O) groups is 3. The maximum Gasteiger partial charge on any atom is 0.239 e. The Morgan fingerprint density at radius 3 is 2.70 bits per heavy atom. The van der Waals surface area contributed by atoms with Crippen LogP contribution in [0.4, 0.5) is 5.69 Å². The van der Waals surface area contributed by atoms with Gasteiger partial charge in [0.1, 0.15) is 6.04 Å². The highest BCUT2D eigenvalue weighted by molar-refractivity contribution is 5.91. The van der Waals surface area contributed by atoms with Gasteiger partial charge >= 0.3 is 0 Å². The maximum absolute atomic E-state index is 12.7. The number of nitrogens with one attached hydrogen (secondary N) is 2. The van der Waals surface area contributed by atoms with Crippen LogP contribution in [0.3, 0.4) is 0 Å². The summed E-state index contributed by atoms with van der Waals surface area (Å²) in [5, 5.41) is 5.95. The number of hydrogen-bond acceptors (Lipinski definition) is 4. The quantitative estimate of drug-likeness (QED) is 0.509. The molecule has 1 saturated heterocycles. The lowest BCUT2D eigenvalue weighted by atomic mass is 9.60. The number of rotatable bonds is 6. The molecule has 4 atom stereocenters. The van der Waals surface area contributed by atoms with E-state index in [2.05, 4.69) is 31.1 Å². The summed E-state index contributed by atoms with van der Waals surface area (Å²) in [5.41, 5.74) is 6.18. The Morgan fingerprint density at radius 1 is 1.44 bits per heavy atom. The van der Waals surface area contributed by atoms with E-state index in [0.717, 1.165) is 17.7 Å². The van der Waals surface area contributed by atoms with E-state index in [9.17, 15) is 14.4 Å². The van der Waals surface area contributed by atoms with E-state index < -0.39 is 28.8 Å². The van der Waals surface area contributed by atoms with E-state index in [1.54, 1.807) is 11.8 Å². The van der Waals surface area contributed by atoms with E-state index in [0.29, 0.717) is 6.42 Å². The molecule has 3 rings (SSSR count). The average Bonchev–Trinajstić information content (AvgIpc) is 3.15. The summed E-state index contributed by atoms with van der Waals surface area (Å²) in [7, 11) is 0. The van der Waals surface area contributed by atoms with Crippen LogP contribution in [0, 0.1) is 5.41 Å². The standard InChI is InChI=1S/C20H26N4O3/c1-5-19(3,4)20-10-14(17(27)22-12(2)16(21)26)23-18(20)24(11-25)15-9-7-6-8-13(15)20/h5-9,11-12,14,18,23H,1,10H2,2-4H3,(H2,21,26)(H,22,27)/t12-,14+,18-,20-/m1/s1. The Hall–Kier alpha value is -2.67. The number of amides is 3. The van der Waals surface area contributed by atoms with Gasteiger partial charge in [0.25, 0.3) is 0 Å². The molecule has 27 heavy (non-hydrogen) atoms. The molecule has 0 spiro atoms. The number of carbonyl (C=O) groups excluding carboxylic acids is 3. The molecule has 0 aromatic heterocycles. The summed E-state index contributed by atoms with van der Waals surface area (Å²) in [6.07, 6.45) is 2.75. The predicted molar refractivity (Wildman–Crippen MR) is 103 cm³/mol. The Morgan fingerprint density at radius 2 is 2.11 bits per heavy atom. The zero-order valence-corrected chi connectivity index (χ0v) is 15.9. The number of para-hydroxylation sites is 1. The third-order valence-corrected chi connectivity index (χ3v) is 6.17. The van der Waals surface area contributed by atoms with Gasteiger partial charge in [-0.1, -0.05) is 38.1 Å². The van der Waals surface area contributed by atoms with Crippen LogP contribution >= 0.6 is 0 Å². The molecule has 3 amide bonds. The fraction of sp³-hybridized carbons (Fsp3) is 0.450. The fourth-order valence-corrected chi connectivity index (χ4v) is 4.43. The molecular weight excluding hydrogens is 344 g/mol. The molecule has 0 unspecified atom stereocenters. The molecule has 0 radical (unpaired) electrons. The minimum atomic E-state index is -0.766. The Balaban J connectivity index is 2.05. The minimum absolute atomic E-state index is 0.307. The van der Waals surface area contributed by atoms with E-state index in [-0.39, 0.29) is 12.1 Å². The van der Waals surface area contributed by atoms with Gasteiger partial charge in [-0.3, -0.25) is 24.6 Å². The number of benzene rings is 1. The van der Waals surface area contributed by atoms with Crippen LogP contribution in [0.5, 0.6) is 0 Å². The smallest absolute Gasteiger partial charge is 0.239 e. The monoisotopic (exact) mass is 370 g/mol. The zero-order valence-electron chi connectivity index (χ0n) is 15.9. The summed E-state index contributed by atoms with van der Waals surface area (Å²) in [4.78, 5) is 37.6. The second kappa shape index (κ2) is 6.49. The number of primary amides is 1. The van der Waals surface area contributed by atoms with Crippen molar-refractivity contribution in [1.82, 2.24) is 10.6 Å². The largest absolute Gasteiger partial charge is 0.368 e. The first-order valence-electron chi connectivity index (χ1n) is 9.02. The topological polar surface area (TPSA) is 105 Å². The number of allylic oxidation sites excluding steroid dienone is 1. The second-order valence-corrected chi connectivity index (χ2v) is 7.89. The third kappa shape index (κ3) is 2.65. The molecule has 2 aliphatic rings. The van der Waals surface area contributed by atoms with Crippen molar-refractivity contribution in [3.63, 3.8) is 0 Å². The molecule has 1 fully saturated rings. The molecule has 4 N–H and O–H groups in total. The number of fused-ring (bicyclic) bond motifs is 3. The van der Waals surface area contributed by atoms with Crippen LogP contribution in [-0.2, 0) is 19.8 Å². The minimum Gasteiger partial charge on any atom is -0.368 e. The molecule has 2 aliphatic heterocycles. The van der Waals surface area contributed by atoms with Crippen LogP contribution in [0.15, 0.2) is 36.9 Å². The molecule has 1 aromatic carbocycles. The maximum atomic E-state index is 12.7. The highest BCUT2D eigenvalue weighted by atomic mass is 16.2. The van der Waals surface area contributed by atoms with Gasteiger partial charge in [-0.25, -0.2) is 0 Å². The number of anilines is 1. The second-order valence-electron chi connectivity index (χ2n) is 7.89. The lowest BCUT2D eigenvalue weighted by molar-refractivity contribution is -0.128. The van der Waals surface area contributed by atoms with Crippen molar-refractivity contribution in [1.29, 1.82) is 0 Å².